The zero-order valence-electron chi connectivity index (χ0n) is 16.0. The maximum Gasteiger partial charge on any atom is 0.408 e. The molecule has 2 N–H and O–H groups in total. The van der Waals surface area contributed by atoms with Crippen LogP contribution in [0.15, 0.2) is 18.2 Å². The minimum absolute atomic E-state index is 0.0461. The number of carboxylic acids is 1. The molecule has 1 atom stereocenters. The van der Waals surface area contributed by atoms with Crippen LogP contribution in [0.25, 0.3) is 0 Å². The lowest BCUT2D eigenvalue weighted by Gasteiger charge is -2.25. The largest absolute Gasteiger partial charge is 0.488 e. The van der Waals surface area contributed by atoms with Gasteiger partial charge in [0.05, 0.1) is 11.6 Å². The van der Waals surface area contributed by atoms with Crippen molar-refractivity contribution in [3.8, 4) is 11.8 Å². The molecule has 142 valence electrons. The van der Waals surface area contributed by atoms with Gasteiger partial charge in [-0.25, -0.2) is 9.59 Å². The maximum absolute atomic E-state index is 11.9. The van der Waals surface area contributed by atoms with Crippen LogP contribution in [0.1, 0.15) is 52.7 Å². The summed E-state index contributed by atoms with van der Waals surface area (Å²) in [4.78, 5) is 23.5. The third kappa shape index (κ3) is 7.43. The summed E-state index contributed by atoms with van der Waals surface area (Å²) in [7, 11) is 0. The van der Waals surface area contributed by atoms with Crippen molar-refractivity contribution in [1.29, 1.82) is 5.26 Å². The number of nitrogens with one attached hydrogen (secondary N) is 1. The van der Waals surface area contributed by atoms with Gasteiger partial charge in [0.15, 0.2) is 0 Å². The Hall–Kier alpha value is -2.75. The van der Waals surface area contributed by atoms with E-state index in [9.17, 15) is 14.7 Å². The van der Waals surface area contributed by atoms with E-state index in [4.69, 9.17) is 14.7 Å². The first-order valence-electron chi connectivity index (χ1n) is 8.25. The first-order chi connectivity index (χ1) is 11.8. The molecule has 1 aromatic rings. The fourth-order valence-corrected chi connectivity index (χ4v) is 2.11. The van der Waals surface area contributed by atoms with Gasteiger partial charge in [-0.2, -0.15) is 5.26 Å². The highest BCUT2D eigenvalue weighted by Crippen LogP contribution is 2.26. The molecular weight excluding hydrogens is 336 g/mol. The zero-order valence-corrected chi connectivity index (χ0v) is 16.0. The van der Waals surface area contributed by atoms with Gasteiger partial charge in [-0.15, -0.1) is 0 Å². The number of hydrogen-bond acceptors (Lipinski definition) is 5. The Labute approximate surface area is 153 Å². The van der Waals surface area contributed by atoms with Crippen LogP contribution in [0.3, 0.4) is 0 Å². The van der Waals surface area contributed by atoms with Crippen LogP contribution < -0.4 is 10.1 Å². The monoisotopic (exact) mass is 362 g/mol. The predicted molar refractivity (Wildman–Crippen MR) is 96.0 cm³/mol. The number of rotatable bonds is 5. The first kappa shape index (κ1) is 21.3. The number of aliphatic carboxylic acids is 1. The fourth-order valence-electron chi connectivity index (χ4n) is 2.11. The fraction of sp³-hybridized carbons (Fsp3) is 0.526. The number of nitrogens with zero attached hydrogens (tertiary/aromatic N) is 1. The van der Waals surface area contributed by atoms with Crippen molar-refractivity contribution in [3.63, 3.8) is 0 Å². The Morgan fingerprint density at radius 3 is 2.27 bits per heavy atom. The molecular formula is C19H26N2O5. The van der Waals surface area contributed by atoms with E-state index < -0.39 is 29.3 Å². The molecule has 0 bridgehead atoms. The Morgan fingerprint density at radius 2 is 1.81 bits per heavy atom. The minimum Gasteiger partial charge on any atom is -0.488 e. The number of carbonyl (C=O) groups excluding carboxylic acids is 1. The minimum atomic E-state index is -1.22. The average molecular weight is 362 g/mol. The van der Waals surface area contributed by atoms with Crippen molar-refractivity contribution in [2.24, 2.45) is 0 Å². The second kappa shape index (κ2) is 8.09. The molecule has 0 saturated carbocycles. The molecule has 0 spiro atoms. The second-order valence-corrected chi connectivity index (χ2v) is 7.89. The lowest BCUT2D eigenvalue weighted by molar-refractivity contribution is -0.139. The molecule has 26 heavy (non-hydrogen) atoms. The molecule has 7 heteroatoms. The van der Waals surface area contributed by atoms with E-state index in [-0.39, 0.29) is 6.42 Å². The van der Waals surface area contributed by atoms with Crippen molar-refractivity contribution in [3.05, 3.63) is 29.3 Å². The number of carboxylic acid groups (broad SMARTS) is 1. The quantitative estimate of drug-likeness (QED) is 0.832. The standard InChI is InChI=1S/C19H26N2O5/c1-18(2,3)25-15-8-7-12(11-20)9-13(15)10-14(16(22)23)21-17(24)26-19(4,5)6/h7-9,14H,10H2,1-6H3,(H,21,24)(H,22,23). The molecule has 0 radical (unpaired) electrons. The third-order valence-electron chi connectivity index (χ3n) is 3.02. The summed E-state index contributed by atoms with van der Waals surface area (Å²) in [6.45, 7) is 10.7. The lowest BCUT2D eigenvalue weighted by atomic mass is 10.0. The molecule has 0 fully saturated rings. The Kier molecular flexibility index (Phi) is 6.62. The summed E-state index contributed by atoms with van der Waals surface area (Å²) in [5, 5.41) is 20.9. The summed E-state index contributed by atoms with van der Waals surface area (Å²) in [5.41, 5.74) is -0.348. The zero-order chi connectivity index (χ0) is 20.1. The molecule has 0 aromatic heterocycles. The average Bonchev–Trinajstić information content (AvgIpc) is 2.44. The van der Waals surface area contributed by atoms with E-state index in [0.717, 1.165) is 0 Å². The predicted octanol–water partition coefficient (Wildman–Crippen LogP) is 3.26. The van der Waals surface area contributed by atoms with Gasteiger partial charge < -0.3 is 19.9 Å². The van der Waals surface area contributed by atoms with Crippen LogP contribution in [-0.2, 0) is 16.0 Å². The number of benzene rings is 1. The number of ether oxygens (including phenoxy) is 2. The van der Waals surface area contributed by atoms with E-state index in [2.05, 4.69) is 5.32 Å². The molecule has 0 aliphatic rings. The highest BCUT2D eigenvalue weighted by Gasteiger charge is 2.26. The van der Waals surface area contributed by atoms with Gasteiger partial charge >= 0.3 is 12.1 Å². The van der Waals surface area contributed by atoms with Crippen molar-refractivity contribution in [1.82, 2.24) is 5.32 Å². The number of carbonyl (C=O) groups is 2. The van der Waals surface area contributed by atoms with Crippen LogP contribution in [0.2, 0.25) is 0 Å². The molecule has 0 heterocycles. The van der Waals surface area contributed by atoms with E-state index >= 15 is 0 Å². The number of hydrogen-bond donors (Lipinski definition) is 2. The smallest absolute Gasteiger partial charge is 0.408 e. The van der Waals surface area contributed by atoms with Gasteiger partial charge in [0.25, 0.3) is 0 Å². The molecule has 0 saturated heterocycles. The van der Waals surface area contributed by atoms with E-state index in [1.807, 2.05) is 26.8 Å². The molecule has 1 amide bonds. The summed E-state index contributed by atoms with van der Waals surface area (Å²) in [5.74, 6) is -0.742. The van der Waals surface area contributed by atoms with Crippen LogP contribution >= 0.6 is 0 Å². The molecule has 1 aromatic carbocycles. The topological polar surface area (TPSA) is 109 Å². The van der Waals surface area contributed by atoms with Gasteiger partial charge in [0.1, 0.15) is 23.0 Å². The molecule has 0 aliphatic heterocycles. The van der Waals surface area contributed by atoms with Gasteiger partial charge in [-0.05, 0) is 65.3 Å². The summed E-state index contributed by atoms with van der Waals surface area (Å²) < 4.78 is 11.0. The molecule has 1 rings (SSSR count). The molecule has 0 aliphatic carbocycles. The SMILES string of the molecule is CC(C)(C)OC(=O)NC(Cc1cc(C#N)ccc1OC(C)(C)C)C(=O)O. The number of amides is 1. The Bertz CT molecular complexity index is 708. The van der Waals surface area contributed by atoms with Gasteiger partial charge in [0, 0.05) is 6.42 Å². The molecule has 1 unspecified atom stereocenters. The van der Waals surface area contributed by atoms with Crippen molar-refractivity contribution in [2.45, 2.75) is 65.2 Å². The van der Waals surface area contributed by atoms with Crippen molar-refractivity contribution in [2.75, 3.05) is 0 Å². The van der Waals surface area contributed by atoms with Crippen LogP contribution in [0.5, 0.6) is 5.75 Å². The Balaban J connectivity index is 3.08. The maximum atomic E-state index is 11.9. The van der Waals surface area contributed by atoms with Gasteiger partial charge in [-0.3, -0.25) is 0 Å². The van der Waals surface area contributed by atoms with Crippen LogP contribution in [-0.4, -0.2) is 34.4 Å². The van der Waals surface area contributed by atoms with Crippen LogP contribution in [0.4, 0.5) is 4.79 Å². The third-order valence-corrected chi connectivity index (χ3v) is 3.02. The second-order valence-electron chi connectivity index (χ2n) is 7.89. The highest BCUT2D eigenvalue weighted by atomic mass is 16.6. The summed E-state index contributed by atoms with van der Waals surface area (Å²) in [6, 6.07) is 5.59. The first-order valence-corrected chi connectivity index (χ1v) is 8.25. The summed E-state index contributed by atoms with van der Waals surface area (Å²) >= 11 is 0. The van der Waals surface area contributed by atoms with Crippen molar-refractivity contribution >= 4 is 12.1 Å². The van der Waals surface area contributed by atoms with Gasteiger partial charge in [-0.1, -0.05) is 0 Å². The summed E-state index contributed by atoms with van der Waals surface area (Å²) in [6.07, 6.45) is -0.866. The van der Waals surface area contributed by atoms with Gasteiger partial charge in [0.2, 0.25) is 0 Å². The lowest BCUT2D eigenvalue weighted by Crippen LogP contribution is -2.44. The highest BCUT2D eigenvalue weighted by molar-refractivity contribution is 5.80. The van der Waals surface area contributed by atoms with E-state index in [0.29, 0.717) is 16.9 Å². The normalized spacial score (nSPS) is 12.7. The number of nitriles is 1. The van der Waals surface area contributed by atoms with E-state index in [1.54, 1.807) is 39.0 Å². The van der Waals surface area contributed by atoms with Crippen LogP contribution in [0, 0.1) is 11.3 Å². The van der Waals surface area contributed by atoms with Crippen molar-refractivity contribution < 1.29 is 24.2 Å². The Morgan fingerprint density at radius 1 is 1.19 bits per heavy atom. The van der Waals surface area contributed by atoms with E-state index in [1.165, 1.54) is 0 Å². The molecule has 7 nitrogen and oxygen atoms in total. The number of alkyl carbamates (subject to hydrolysis) is 1.